The summed E-state index contributed by atoms with van der Waals surface area (Å²) in [7, 11) is -3.76. The van der Waals surface area contributed by atoms with Crippen LogP contribution in [0.3, 0.4) is 0 Å². The van der Waals surface area contributed by atoms with E-state index in [9.17, 15) is 17.6 Å². The number of halogens is 3. The SMILES string of the molecule is O=C(c1cc(F)c(Cl)cc1Cl)N1CCN(S(=O)(=O)c2c[nH]c3ncccc23)CC1. The fraction of sp³-hybridized carbons (Fsp3) is 0.222. The van der Waals surface area contributed by atoms with Gasteiger partial charge in [0.15, 0.2) is 0 Å². The molecule has 1 aromatic carbocycles. The summed E-state index contributed by atoms with van der Waals surface area (Å²) in [6, 6.07) is 5.52. The van der Waals surface area contributed by atoms with Crippen molar-refractivity contribution in [2.45, 2.75) is 4.90 Å². The van der Waals surface area contributed by atoms with Crippen LogP contribution in [-0.2, 0) is 10.0 Å². The lowest BCUT2D eigenvalue weighted by Gasteiger charge is -2.34. The van der Waals surface area contributed by atoms with E-state index in [-0.39, 0.29) is 46.7 Å². The van der Waals surface area contributed by atoms with Gasteiger partial charge in [0.1, 0.15) is 16.4 Å². The Morgan fingerprint density at radius 3 is 2.59 bits per heavy atom. The Hall–Kier alpha value is -2.20. The lowest BCUT2D eigenvalue weighted by molar-refractivity contribution is 0.0697. The summed E-state index contributed by atoms with van der Waals surface area (Å²) in [5, 5.41) is 0.382. The molecule has 0 saturated carbocycles. The molecule has 2 aromatic heterocycles. The predicted molar refractivity (Wildman–Crippen MR) is 107 cm³/mol. The first-order chi connectivity index (χ1) is 13.8. The molecular formula is C18H15Cl2FN4O3S. The van der Waals surface area contributed by atoms with E-state index in [1.165, 1.54) is 21.5 Å². The summed E-state index contributed by atoms with van der Waals surface area (Å²) >= 11 is 11.7. The van der Waals surface area contributed by atoms with Gasteiger partial charge in [0, 0.05) is 44.0 Å². The van der Waals surface area contributed by atoms with Crippen LogP contribution >= 0.6 is 23.2 Å². The van der Waals surface area contributed by atoms with Crippen molar-refractivity contribution in [3.8, 4) is 0 Å². The number of aromatic nitrogens is 2. The summed E-state index contributed by atoms with van der Waals surface area (Å²) in [6.07, 6.45) is 2.99. The highest BCUT2D eigenvalue weighted by atomic mass is 35.5. The molecule has 0 atom stereocenters. The molecule has 0 radical (unpaired) electrons. The number of sulfonamides is 1. The molecule has 3 aromatic rings. The zero-order valence-electron chi connectivity index (χ0n) is 14.9. The Labute approximate surface area is 176 Å². The van der Waals surface area contributed by atoms with Gasteiger partial charge in [-0.05, 0) is 24.3 Å². The molecule has 1 N–H and O–H groups in total. The number of nitrogens with zero attached hydrogens (tertiary/aromatic N) is 3. The van der Waals surface area contributed by atoms with E-state index in [1.807, 2.05) is 0 Å². The highest BCUT2D eigenvalue weighted by Crippen LogP contribution is 2.27. The smallest absolute Gasteiger partial charge is 0.255 e. The van der Waals surface area contributed by atoms with E-state index in [2.05, 4.69) is 9.97 Å². The molecule has 0 aliphatic carbocycles. The van der Waals surface area contributed by atoms with Crippen molar-refractivity contribution < 1.29 is 17.6 Å². The monoisotopic (exact) mass is 456 g/mol. The number of carbonyl (C=O) groups is 1. The fourth-order valence-electron chi connectivity index (χ4n) is 3.27. The highest BCUT2D eigenvalue weighted by molar-refractivity contribution is 7.89. The summed E-state index contributed by atoms with van der Waals surface area (Å²) in [5.74, 6) is -1.22. The first-order valence-corrected chi connectivity index (χ1v) is 10.8. The molecule has 0 unspecified atom stereocenters. The van der Waals surface area contributed by atoms with Gasteiger partial charge in [0.25, 0.3) is 5.91 Å². The molecule has 3 heterocycles. The minimum atomic E-state index is -3.76. The van der Waals surface area contributed by atoms with Crippen molar-refractivity contribution in [1.29, 1.82) is 0 Å². The average Bonchev–Trinajstić information content (AvgIpc) is 3.15. The van der Waals surface area contributed by atoms with Crippen molar-refractivity contribution >= 4 is 50.2 Å². The number of H-pyrrole nitrogens is 1. The van der Waals surface area contributed by atoms with E-state index < -0.39 is 21.7 Å². The Morgan fingerprint density at radius 2 is 1.86 bits per heavy atom. The molecule has 1 aliphatic heterocycles. The third kappa shape index (κ3) is 3.59. The number of piperazine rings is 1. The maximum Gasteiger partial charge on any atom is 0.255 e. The van der Waals surface area contributed by atoms with Crippen LogP contribution in [0.5, 0.6) is 0 Å². The lowest BCUT2D eigenvalue weighted by Crippen LogP contribution is -2.50. The second-order valence-corrected chi connectivity index (χ2v) is 9.22. The predicted octanol–water partition coefficient (Wildman–Crippen LogP) is 3.16. The first-order valence-electron chi connectivity index (χ1n) is 8.65. The minimum Gasteiger partial charge on any atom is -0.345 e. The number of benzene rings is 1. The minimum absolute atomic E-state index is 0.00687. The molecule has 0 spiro atoms. The van der Waals surface area contributed by atoms with Gasteiger partial charge in [0.05, 0.1) is 15.6 Å². The topological polar surface area (TPSA) is 86.4 Å². The summed E-state index contributed by atoms with van der Waals surface area (Å²) in [5.41, 5.74) is 0.479. The van der Waals surface area contributed by atoms with Crippen LogP contribution in [0.4, 0.5) is 4.39 Å². The fourth-order valence-corrected chi connectivity index (χ4v) is 5.31. The zero-order valence-corrected chi connectivity index (χ0v) is 17.2. The number of hydrogen-bond acceptors (Lipinski definition) is 4. The van der Waals surface area contributed by atoms with E-state index in [4.69, 9.17) is 23.2 Å². The van der Waals surface area contributed by atoms with E-state index >= 15 is 0 Å². The van der Waals surface area contributed by atoms with Crippen LogP contribution in [0.15, 0.2) is 41.6 Å². The number of nitrogens with one attached hydrogen (secondary N) is 1. The van der Waals surface area contributed by atoms with Crippen molar-refractivity contribution in [3.05, 3.63) is 58.1 Å². The third-order valence-corrected chi connectivity index (χ3v) is 7.34. The summed E-state index contributed by atoms with van der Waals surface area (Å²) < 4.78 is 41.1. The maximum absolute atomic E-state index is 13.7. The van der Waals surface area contributed by atoms with Gasteiger partial charge in [-0.25, -0.2) is 17.8 Å². The van der Waals surface area contributed by atoms with Gasteiger partial charge >= 0.3 is 0 Å². The Bertz CT molecular complexity index is 1210. The van der Waals surface area contributed by atoms with Crippen LogP contribution in [0.1, 0.15) is 10.4 Å². The lowest BCUT2D eigenvalue weighted by atomic mass is 10.1. The summed E-state index contributed by atoms with van der Waals surface area (Å²) in [4.78, 5) is 21.2. The van der Waals surface area contributed by atoms with Crippen molar-refractivity contribution in [3.63, 3.8) is 0 Å². The number of fused-ring (bicyclic) bond motifs is 1. The molecule has 1 amide bonds. The van der Waals surface area contributed by atoms with Crippen molar-refractivity contribution in [1.82, 2.24) is 19.2 Å². The van der Waals surface area contributed by atoms with Gasteiger partial charge in [-0.1, -0.05) is 23.2 Å². The number of aromatic amines is 1. The van der Waals surface area contributed by atoms with E-state index in [0.29, 0.717) is 11.0 Å². The zero-order chi connectivity index (χ0) is 20.8. The second kappa shape index (κ2) is 7.56. The third-order valence-electron chi connectivity index (χ3n) is 4.80. The standard InChI is InChI=1S/C18H15Cl2FN4O3S/c19-13-9-14(20)15(21)8-12(13)18(26)24-4-6-25(7-5-24)29(27,28)16-10-23-17-11(16)2-1-3-22-17/h1-3,8-10H,4-7H2,(H,22,23). The number of amides is 1. The van der Waals surface area contributed by atoms with E-state index in [1.54, 1.807) is 18.3 Å². The van der Waals surface area contributed by atoms with Crippen molar-refractivity contribution in [2.24, 2.45) is 0 Å². The van der Waals surface area contributed by atoms with Gasteiger partial charge in [0.2, 0.25) is 10.0 Å². The molecule has 1 saturated heterocycles. The number of carbonyl (C=O) groups excluding carboxylic acids is 1. The molecule has 4 rings (SSSR count). The Kier molecular flexibility index (Phi) is 5.24. The first kappa shape index (κ1) is 20.1. The number of hydrogen-bond donors (Lipinski definition) is 1. The molecule has 7 nitrogen and oxygen atoms in total. The van der Waals surface area contributed by atoms with Gasteiger partial charge in [-0.3, -0.25) is 4.79 Å². The molecule has 29 heavy (non-hydrogen) atoms. The molecular weight excluding hydrogens is 442 g/mol. The van der Waals surface area contributed by atoms with E-state index in [0.717, 1.165) is 6.07 Å². The van der Waals surface area contributed by atoms with Crippen LogP contribution in [0, 0.1) is 5.82 Å². The Balaban J connectivity index is 1.52. The average molecular weight is 457 g/mol. The summed E-state index contributed by atoms with van der Waals surface area (Å²) in [6.45, 7) is 0.516. The van der Waals surface area contributed by atoms with Gasteiger partial charge in [-0.2, -0.15) is 4.31 Å². The normalized spacial score (nSPS) is 15.8. The van der Waals surface area contributed by atoms with Gasteiger partial charge < -0.3 is 9.88 Å². The highest BCUT2D eigenvalue weighted by Gasteiger charge is 2.32. The van der Waals surface area contributed by atoms with Crippen LogP contribution in [0.2, 0.25) is 10.0 Å². The maximum atomic E-state index is 13.7. The van der Waals surface area contributed by atoms with Crippen molar-refractivity contribution in [2.75, 3.05) is 26.2 Å². The largest absolute Gasteiger partial charge is 0.345 e. The molecule has 1 aliphatic rings. The molecule has 0 bridgehead atoms. The van der Waals surface area contributed by atoms with Crippen LogP contribution < -0.4 is 0 Å². The number of rotatable bonds is 3. The second-order valence-electron chi connectivity index (χ2n) is 6.49. The number of pyridine rings is 1. The van der Waals surface area contributed by atoms with Crippen LogP contribution in [-0.4, -0.2) is 59.7 Å². The van der Waals surface area contributed by atoms with Gasteiger partial charge in [-0.15, -0.1) is 0 Å². The Morgan fingerprint density at radius 1 is 1.14 bits per heavy atom. The van der Waals surface area contributed by atoms with Crippen LogP contribution in [0.25, 0.3) is 11.0 Å². The quantitative estimate of drug-likeness (QED) is 0.613. The molecule has 11 heteroatoms. The molecule has 1 fully saturated rings. The molecule has 152 valence electrons.